The summed E-state index contributed by atoms with van der Waals surface area (Å²) < 4.78 is 10.8. The smallest absolute Gasteiger partial charge is 0.220 e. The Morgan fingerprint density at radius 2 is 2.04 bits per heavy atom. The van der Waals surface area contributed by atoms with E-state index < -0.39 is 0 Å². The van der Waals surface area contributed by atoms with Gasteiger partial charge in [0.2, 0.25) is 5.91 Å². The van der Waals surface area contributed by atoms with Crippen LogP contribution >= 0.6 is 11.3 Å². The molecule has 1 saturated heterocycles. The monoisotopic (exact) mass is 375 g/mol. The summed E-state index contributed by atoms with van der Waals surface area (Å²) in [6.45, 7) is 4.11. The number of nitrogens with one attached hydrogen (secondary N) is 2. The zero-order chi connectivity index (χ0) is 18.2. The quantitative estimate of drug-likeness (QED) is 0.735. The van der Waals surface area contributed by atoms with Crippen LogP contribution in [0.1, 0.15) is 22.9 Å². The average Bonchev–Trinajstić information content (AvgIpc) is 3.21. The van der Waals surface area contributed by atoms with Gasteiger partial charge in [0.15, 0.2) is 0 Å². The molecule has 0 radical (unpaired) electrons. The number of ether oxygens (including phenoxy) is 2. The van der Waals surface area contributed by atoms with Crippen molar-refractivity contribution >= 4 is 17.2 Å². The summed E-state index contributed by atoms with van der Waals surface area (Å²) in [6, 6.07) is 12.5. The minimum atomic E-state index is 0.115. The summed E-state index contributed by atoms with van der Waals surface area (Å²) in [4.78, 5) is 15.0. The topological polar surface area (TPSA) is 52.0 Å². The molecule has 0 saturated carbocycles. The van der Waals surface area contributed by atoms with E-state index in [1.54, 1.807) is 18.4 Å². The molecule has 6 heteroatoms. The Labute approximate surface area is 158 Å². The number of hydrogen-bond acceptors (Lipinski definition) is 4. The first-order valence-corrected chi connectivity index (χ1v) is 9.99. The summed E-state index contributed by atoms with van der Waals surface area (Å²) in [5.41, 5.74) is 1.22. The second-order valence-electron chi connectivity index (χ2n) is 6.48. The van der Waals surface area contributed by atoms with Crippen molar-refractivity contribution in [2.75, 3.05) is 40.0 Å². The van der Waals surface area contributed by atoms with Gasteiger partial charge in [-0.1, -0.05) is 6.07 Å². The lowest BCUT2D eigenvalue weighted by Gasteiger charge is -2.32. The van der Waals surface area contributed by atoms with Gasteiger partial charge in [-0.15, -0.1) is 11.3 Å². The SMILES string of the molecule is COc1ccc([C@@H](CNC(=O)CCc2cccs2)[NH+]2CCOCC2)cc1. The van der Waals surface area contributed by atoms with E-state index in [9.17, 15) is 4.79 Å². The Bertz CT molecular complexity index is 667. The summed E-state index contributed by atoms with van der Waals surface area (Å²) in [5.74, 6) is 0.967. The third-order valence-electron chi connectivity index (χ3n) is 4.83. The minimum Gasteiger partial charge on any atom is -0.497 e. The molecule has 0 spiro atoms. The molecule has 1 aliphatic rings. The highest BCUT2D eigenvalue weighted by atomic mass is 32.1. The number of carbonyl (C=O) groups excluding carboxylic acids is 1. The maximum Gasteiger partial charge on any atom is 0.220 e. The number of rotatable bonds is 8. The highest BCUT2D eigenvalue weighted by Gasteiger charge is 2.26. The molecule has 1 aromatic carbocycles. The van der Waals surface area contributed by atoms with Crippen LogP contribution in [0.2, 0.25) is 0 Å². The summed E-state index contributed by atoms with van der Waals surface area (Å²) in [5, 5.41) is 5.19. The molecule has 2 N–H and O–H groups in total. The third-order valence-corrected chi connectivity index (χ3v) is 5.76. The fourth-order valence-electron chi connectivity index (χ4n) is 3.31. The summed E-state index contributed by atoms with van der Waals surface area (Å²) in [6.07, 6.45) is 1.34. The van der Waals surface area contributed by atoms with E-state index in [-0.39, 0.29) is 11.9 Å². The standard InChI is InChI=1S/C20H26N2O3S/c1-24-17-6-4-16(5-7-17)19(22-10-12-25-13-11-22)15-21-20(23)9-8-18-3-2-14-26-18/h2-7,14,19H,8-13,15H2,1H3,(H,21,23)/p+1/t19-/m1/s1. The van der Waals surface area contributed by atoms with Crippen LogP contribution in [0.4, 0.5) is 0 Å². The molecule has 1 aromatic heterocycles. The molecule has 1 amide bonds. The van der Waals surface area contributed by atoms with E-state index in [1.807, 2.05) is 18.2 Å². The maximum atomic E-state index is 12.3. The Morgan fingerprint density at radius 3 is 2.69 bits per heavy atom. The molecule has 1 aliphatic heterocycles. The number of benzene rings is 1. The lowest BCUT2D eigenvalue weighted by atomic mass is 10.0. The molecule has 26 heavy (non-hydrogen) atoms. The van der Waals surface area contributed by atoms with Crippen molar-refractivity contribution in [3.8, 4) is 5.75 Å². The number of morpholine rings is 1. The Kier molecular flexibility index (Phi) is 7.05. The number of aryl methyl sites for hydroxylation is 1. The molecule has 140 valence electrons. The number of thiophene rings is 1. The molecular formula is C20H27N2O3S+. The lowest BCUT2D eigenvalue weighted by Crippen LogP contribution is -3.15. The van der Waals surface area contributed by atoms with Gasteiger partial charge >= 0.3 is 0 Å². The van der Waals surface area contributed by atoms with E-state index in [1.165, 1.54) is 15.3 Å². The van der Waals surface area contributed by atoms with Crippen molar-refractivity contribution in [3.05, 3.63) is 52.2 Å². The first-order chi connectivity index (χ1) is 12.8. The van der Waals surface area contributed by atoms with E-state index in [0.29, 0.717) is 13.0 Å². The molecule has 5 nitrogen and oxygen atoms in total. The Balaban J connectivity index is 1.59. The van der Waals surface area contributed by atoms with Gasteiger partial charge in [-0.05, 0) is 42.1 Å². The van der Waals surface area contributed by atoms with Gasteiger partial charge in [0.05, 0.1) is 26.9 Å². The first kappa shape index (κ1) is 18.9. The van der Waals surface area contributed by atoms with E-state index >= 15 is 0 Å². The summed E-state index contributed by atoms with van der Waals surface area (Å²) in [7, 11) is 1.67. The van der Waals surface area contributed by atoms with Crippen LogP contribution in [-0.2, 0) is 16.0 Å². The normalized spacial score (nSPS) is 16.2. The minimum absolute atomic E-state index is 0.115. The fraction of sp³-hybridized carbons (Fsp3) is 0.450. The van der Waals surface area contributed by atoms with Crippen LogP contribution in [0.15, 0.2) is 41.8 Å². The van der Waals surface area contributed by atoms with Gasteiger partial charge < -0.3 is 19.7 Å². The number of carbonyl (C=O) groups is 1. The van der Waals surface area contributed by atoms with Crippen molar-refractivity contribution in [2.45, 2.75) is 18.9 Å². The molecule has 2 heterocycles. The van der Waals surface area contributed by atoms with E-state index in [4.69, 9.17) is 9.47 Å². The molecule has 3 rings (SSSR count). The van der Waals surface area contributed by atoms with Gasteiger partial charge in [-0.3, -0.25) is 4.79 Å². The van der Waals surface area contributed by atoms with Gasteiger partial charge in [0, 0.05) is 16.9 Å². The molecule has 0 unspecified atom stereocenters. The van der Waals surface area contributed by atoms with Crippen LogP contribution in [0, 0.1) is 0 Å². The largest absolute Gasteiger partial charge is 0.497 e. The van der Waals surface area contributed by atoms with Crippen molar-refractivity contribution in [2.24, 2.45) is 0 Å². The first-order valence-electron chi connectivity index (χ1n) is 9.11. The second kappa shape index (κ2) is 9.71. The molecule has 0 aliphatic carbocycles. The highest BCUT2D eigenvalue weighted by molar-refractivity contribution is 7.09. The van der Waals surface area contributed by atoms with Crippen molar-refractivity contribution < 1.29 is 19.2 Å². The van der Waals surface area contributed by atoms with Gasteiger partial charge in [0.1, 0.15) is 24.9 Å². The van der Waals surface area contributed by atoms with Gasteiger partial charge in [-0.25, -0.2) is 0 Å². The second-order valence-corrected chi connectivity index (χ2v) is 7.51. The fourth-order valence-corrected chi connectivity index (χ4v) is 4.02. The van der Waals surface area contributed by atoms with Crippen LogP contribution < -0.4 is 15.0 Å². The predicted octanol–water partition coefficient (Wildman–Crippen LogP) is 1.46. The molecular weight excluding hydrogens is 348 g/mol. The van der Waals surface area contributed by atoms with Crippen molar-refractivity contribution in [3.63, 3.8) is 0 Å². The zero-order valence-electron chi connectivity index (χ0n) is 15.2. The van der Waals surface area contributed by atoms with Crippen molar-refractivity contribution in [1.82, 2.24) is 5.32 Å². The molecule has 1 fully saturated rings. The third kappa shape index (κ3) is 5.30. The maximum absolute atomic E-state index is 12.3. The molecule has 1 atom stereocenters. The van der Waals surface area contributed by atoms with Crippen LogP contribution in [0.5, 0.6) is 5.75 Å². The predicted molar refractivity (Wildman–Crippen MR) is 103 cm³/mol. The molecule has 0 bridgehead atoms. The van der Waals surface area contributed by atoms with Gasteiger partial charge in [-0.2, -0.15) is 0 Å². The van der Waals surface area contributed by atoms with E-state index in [0.717, 1.165) is 38.5 Å². The van der Waals surface area contributed by atoms with Gasteiger partial charge in [0.25, 0.3) is 0 Å². The van der Waals surface area contributed by atoms with Crippen molar-refractivity contribution in [1.29, 1.82) is 0 Å². The molecule has 2 aromatic rings. The number of methoxy groups -OCH3 is 1. The highest BCUT2D eigenvalue weighted by Crippen LogP contribution is 2.16. The van der Waals surface area contributed by atoms with E-state index in [2.05, 4.69) is 28.9 Å². The number of hydrogen-bond donors (Lipinski definition) is 2. The van der Waals surface area contributed by atoms with Crippen LogP contribution in [0.25, 0.3) is 0 Å². The Morgan fingerprint density at radius 1 is 1.27 bits per heavy atom. The lowest BCUT2D eigenvalue weighted by molar-refractivity contribution is -0.937. The Hall–Kier alpha value is -1.89. The zero-order valence-corrected chi connectivity index (χ0v) is 16.0. The summed E-state index contributed by atoms with van der Waals surface area (Å²) >= 11 is 1.70. The number of amides is 1. The number of quaternary nitrogens is 1. The van der Waals surface area contributed by atoms with Crippen LogP contribution in [0.3, 0.4) is 0 Å². The average molecular weight is 376 g/mol. The van der Waals surface area contributed by atoms with Crippen LogP contribution in [-0.4, -0.2) is 45.9 Å².